The number of hydrogen-bond donors (Lipinski definition) is 0. The van der Waals surface area contributed by atoms with Gasteiger partial charge in [-0.25, -0.2) is 0 Å². The van der Waals surface area contributed by atoms with E-state index in [0.29, 0.717) is 5.92 Å². The molecule has 3 heterocycles. The van der Waals surface area contributed by atoms with Crippen LogP contribution in [0.2, 0.25) is 0 Å². The highest BCUT2D eigenvalue weighted by Gasteiger charge is 2.24. The van der Waals surface area contributed by atoms with Crippen molar-refractivity contribution in [1.82, 2.24) is 24.7 Å². The lowest BCUT2D eigenvalue weighted by Gasteiger charge is -2.24. The van der Waals surface area contributed by atoms with Crippen LogP contribution in [0.3, 0.4) is 0 Å². The van der Waals surface area contributed by atoms with Crippen molar-refractivity contribution in [2.45, 2.75) is 33.5 Å². The van der Waals surface area contributed by atoms with Gasteiger partial charge in [0.25, 0.3) is 0 Å². The summed E-state index contributed by atoms with van der Waals surface area (Å²) in [4.78, 5) is 4.59. The summed E-state index contributed by atoms with van der Waals surface area (Å²) in [5.41, 5.74) is 3.43. The van der Waals surface area contributed by atoms with Gasteiger partial charge < -0.3 is 14.2 Å². The van der Waals surface area contributed by atoms with E-state index in [4.69, 9.17) is 9.26 Å². The van der Waals surface area contributed by atoms with E-state index < -0.39 is 0 Å². The Bertz CT molecular complexity index is 659. The van der Waals surface area contributed by atoms with Crippen molar-refractivity contribution in [3.8, 4) is 0 Å². The largest absolute Gasteiger partial charge is 0.380 e. The monoisotopic (exact) mass is 347 g/mol. The maximum absolute atomic E-state index is 5.92. The highest BCUT2D eigenvalue weighted by Crippen LogP contribution is 2.21. The van der Waals surface area contributed by atoms with E-state index in [0.717, 1.165) is 57.4 Å². The van der Waals surface area contributed by atoms with Crippen molar-refractivity contribution in [3.05, 3.63) is 35.0 Å². The first-order valence-electron chi connectivity index (χ1n) is 8.90. The number of ether oxygens (including phenoxy) is 1. The second-order valence-electron chi connectivity index (χ2n) is 7.22. The minimum Gasteiger partial charge on any atom is -0.380 e. The fourth-order valence-corrected chi connectivity index (χ4v) is 3.29. The van der Waals surface area contributed by atoms with Crippen LogP contribution in [-0.4, -0.2) is 65.1 Å². The SMILES string of the molecule is Cc1noc(C)c1CN1Cc2ccnn2CC(COCCN(C)C)C1. The van der Waals surface area contributed by atoms with Crippen molar-refractivity contribution in [3.63, 3.8) is 0 Å². The van der Waals surface area contributed by atoms with E-state index in [-0.39, 0.29) is 0 Å². The number of aromatic nitrogens is 3. The molecule has 3 rings (SSSR count). The average Bonchev–Trinajstić information content (AvgIpc) is 3.07. The van der Waals surface area contributed by atoms with Crippen LogP contribution >= 0.6 is 0 Å². The lowest BCUT2D eigenvalue weighted by Crippen LogP contribution is -2.31. The van der Waals surface area contributed by atoms with Crippen LogP contribution in [0.15, 0.2) is 16.8 Å². The molecule has 0 amide bonds. The first-order chi connectivity index (χ1) is 12.0. The number of hydrogen-bond acceptors (Lipinski definition) is 6. The van der Waals surface area contributed by atoms with Gasteiger partial charge in [0.05, 0.1) is 24.6 Å². The molecule has 0 aromatic carbocycles. The molecule has 2 aromatic heterocycles. The summed E-state index contributed by atoms with van der Waals surface area (Å²) in [6.07, 6.45) is 1.89. The van der Waals surface area contributed by atoms with E-state index in [1.54, 1.807) is 0 Å². The molecule has 1 aliphatic rings. The Hall–Kier alpha value is -1.70. The maximum atomic E-state index is 5.92. The predicted molar refractivity (Wildman–Crippen MR) is 95.2 cm³/mol. The number of aryl methyl sites for hydroxylation is 2. The van der Waals surface area contributed by atoms with E-state index in [2.05, 4.69) is 44.9 Å². The quantitative estimate of drug-likeness (QED) is 0.711. The van der Waals surface area contributed by atoms with Gasteiger partial charge in [0.1, 0.15) is 5.76 Å². The van der Waals surface area contributed by atoms with Crippen LogP contribution in [0.5, 0.6) is 0 Å². The fraction of sp³-hybridized carbons (Fsp3) is 0.667. The van der Waals surface area contributed by atoms with Crippen molar-refractivity contribution in [1.29, 1.82) is 0 Å². The zero-order valence-corrected chi connectivity index (χ0v) is 15.7. The van der Waals surface area contributed by atoms with E-state index in [9.17, 15) is 0 Å². The number of rotatable bonds is 7. The second-order valence-corrected chi connectivity index (χ2v) is 7.22. The molecule has 2 aromatic rings. The Kier molecular flexibility index (Phi) is 5.88. The number of nitrogens with zero attached hydrogens (tertiary/aromatic N) is 5. The lowest BCUT2D eigenvalue weighted by molar-refractivity contribution is 0.0672. The number of fused-ring (bicyclic) bond motifs is 1. The van der Waals surface area contributed by atoms with Gasteiger partial charge in [0.2, 0.25) is 0 Å². The van der Waals surface area contributed by atoms with Gasteiger partial charge in [-0.2, -0.15) is 5.10 Å². The summed E-state index contributed by atoms with van der Waals surface area (Å²) < 4.78 is 13.4. The predicted octanol–water partition coefficient (Wildman–Crippen LogP) is 1.70. The maximum Gasteiger partial charge on any atom is 0.138 e. The normalized spacial score (nSPS) is 18.5. The summed E-state index contributed by atoms with van der Waals surface area (Å²) in [7, 11) is 4.13. The summed E-state index contributed by atoms with van der Waals surface area (Å²) >= 11 is 0. The van der Waals surface area contributed by atoms with E-state index in [1.807, 2.05) is 20.0 Å². The smallest absolute Gasteiger partial charge is 0.138 e. The topological polar surface area (TPSA) is 59.6 Å². The van der Waals surface area contributed by atoms with Crippen LogP contribution in [0.4, 0.5) is 0 Å². The molecule has 0 saturated heterocycles. The fourth-order valence-electron chi connectivity index (χ4n) is 3.29. The summed E-state index contributed by atoms with van der Waals surface area (Å²) in [6.45, 7) is 10.1. The van der Waals surface area contributed by atoms with Gasteiger partial charge in [-0.15, -0.1) is 0 Å². The van der Waals surface area contributed by atoms with Crippen molar-refractivity contribution >= 4 is 0 Å². The third kappa shape index (κ3) is 4.68. The molecule has 0 radical (unpaired) electrons. The molecule has 1 unspecified atom stereocenters. The standard InChI is InChI=1S/C18H29N5O2/c1-14-18(15(2)25-20-14)12-22-9-16(13-24-8-7-21(3)4)10-23-17(11-22)5-6-19-23/h5-6,16H,7-13H2,1-4H3. The third-order valence-electron chi connectivity index (χ3n) is 4.74. The molecular formula is C18H29N5O2. The Morgan fingerprint density at radius 1 is 1.32 bits per heavy atom. The Balaban J connectivity index is 1.66. The van der Waals surface area contributed by atoms with Crippen LogP contribution in [-0.2, 0) is 24.4 Å². The zero-order valence-electron chi connectivity index (χ0n) is 15.7. The lowest BCUT2D eigenvalue weighted by atomic mass is 10.1. The Morgan fingerprint density at radius 3 is 2.88 bits per heavy atom. The minimum atomic E-state index is 0.420. The second kappa shape index (κ2) is 8.12. The Labute approximate surface area is 149 Å². The molecular weight excluding hydrogens is 318 g/mol. The van der Waals surface area contributed by atoms with Crippen LogP contribution < -0.4 is 0 Å². The molecule has 0 spiro atoms. The third-order valence-corrected chi connectivity index (χ3v) is 4.74. The van der Waals surface area contributed by atoms with Gasteiger partial charge in [0, 0.05) is 50.4 Å². The summed E-state index contributed by atoms with van der Waals surface area (Å²) in [5, 5.41) is 8.57. The molecule has 0 N–H and O–H groups in total. The van der Waals surface area contributed by atoms with E-state index >= 15 is 0 Å². The van der Waals surface area contributed by atoms with Gasteiger partial charge >= 0.3 is 0 Å². The number of likely N-dealkylation sites (N-methyl/N-ethyl adjacent to an activating group) is 1. The Morgan fingerprint density at radius 2 is 2.16 bits per heavy atom. The van der Waals surface area contributed by atoms with Crippen LogP contribution in [0.25, 0.3) is 0 Å². The van der Waals surface area contributed by atoms with Crippen molar-refractivity contribution in [2.24, 2.45) is 5.92 Å². The van der Waals surface area contributed by atoms with Gasteiger partial charge in [-0.05, 0) is 34.0 Å². The zero-order chi connectivity index (χ0) is 17.8. The summed E-state index contributed by atoms with van der Waals surface area (Å²) in [5.74, 6) is 1.33. The molecule has 1 atom stereocenters. The first kappa shape index (κ1) is 18.1. The molecule has 0 aliphatic carbocycles. The molecule has 25 heavy (non-hydrogen) atoms. The highest BCUT2D eigenvalue weighted by atomic mass is 16.5. The molecule has 0 bridgehead atoms. The molecule has 1 aliphatic heterocycles. The van der Waals surface area contributed by atoms with E-state index in [1.165, 1.54) is 11.3 Å². The molecule has 7 heteroatoms. The van der Waals surface area contributed by atoms with Gasteiger partial charge in [0.15, 0.2) is 0 Å². The highest BCUT2D eigenvalue weighted by molar-refractivity contribution is 5.20. The minimum absolute atomic E-state index is 0.420. The molecule has 0 saturated carbocycles. The molecule has 7 nitrogen and oxygen atoms in total. The van der Waals surface area contributed by atoms with Crippen LogP contribution in [0, 0.1) is 19.8 Å². The summed E-state index contributed by atoms with van der Waals surface area (Å²) in [6, 6.07) is 2.11. The molecule has 0 fully saturated rings. The average molecular weight is 347 g/mol. The molecule has 138 valence electrons. The first-order valence-corrected chi connectivity index (χ1v) is 8.90. The van der Waals surface area contributed by atoms with Crippen molar-refractivity contribution in [2.75, 3.05) is 40.4 Å². The van der Waals surface area contributed by atoms with Crippen molar-refractivity contribution < 1.29 is 9.26 Å². The van der Waals surface area contributed by atoms with Crippen LogP contribution in [0.1, 0.15) is 22.7 Å². The van der Waals surface area contributed by atoms with Gasteiger partial charge in [-0.3, -0.25) is 9.58 Å². The van der Waals surface area contributed by atoms with Gasteiger partial charge in [-0.1, -0.05) is 5.16 Å².